The van der Waals surface area contributed by atoms with Gasteiger partial charge in [0.05, 0.1) is 6.61 Å². The van der Waals surface area contributed by atoms with Gasteiger partial charge in [0.2, 0.25) is 0 Å². The largest absolute Gasteiger partial charge is 0.383 e. The maximum absolute atomic E-state index is 5.05. The Balaban J connectivity index is 0. The first-order valence-corrected chi connectivity index (χ1v) is 7.29. The molecule has 0 heterocycles. The Morgan fingerprint density at radius 2 is 1.85 bits per heavy atom. The van der Waals surface area contributed by atoms with Crippen LogP contribution in [0.2, 0.25) is 0 Å². The molecular weight excluding hydrogens is 367 g/mol. The van der Waals surface area contributed by atoms with Gasteiger partial charge in [0.15, 0.2) is 5.96 Å². The Morgan fingerprint density at radius 3 is 2.35 bits per heavy atom. The van der Waals surface area contributed by atoms with Gasteiger partial charge < -0.3 is 20.3 Å². The van der Waals surface area contributed by atoms with Crippen LogP contribution in [0.25, 0.3) is 0 Å². The summed E-state index contributed by atoms with van der Waals surface area (Å²) < 4.78 is 5.05. The summed E-state index contributed by atoms with van der Waals surface area (Å²) in [6, 6.07) is 0. The van der Waals surface area contributed by atoms with E-state index in [1.807, 2.05) is 7.05 Å². The second-order valence-corrected chi connectivity index (χ2v) is 4.86. The lowest BCUT2D eigenvalue weighted by Gasteiger charge is -2.19. The molecule has 0 aromatic heterocycles. The third kappa shape index (κ3) is 11.7. The molecule has 5 nitrogen and oxygen atoms in total. The highest BCUT2D eigenvalue weighted by Gasteiger charge is 2.05. The molecule has 0 aliphatic rings. The van der Waals surface area contributed by atoms with Crippen molar-refractivity contribution in [2.24, 2.45) is 10.9 Å². The maximum Gasteiger partial charge on any atom is 0.191 e. The SMILES string of the molecule is CCC(CC)CNC(=NC)NCCN(C)CCOC.I. The molecule has 0 atom stereocenters. The van der Waals surface area contributed by atoms with Gasteiger partial charge in [-0.15, -0.1) is 24.0 Å². The molecule has 0 saturated heterocycles. The average molecular weight is 400 g/mol. The smallest absolute Gasteiger partial charge is 0.191 e. The fourth-order valence-corrected chi connectivity index (χ4v) is 1.76. The molecule has 0 aromatic rings. The third-order valence-electron chi connectivity index (χ3n) is 3.40. The average Bonchev–Trinajstić information content (AvgIpc) is 2.44. The van der Waals surface area contributed by atoms with E-state index in [2.05, 4.69) is 41.4 Å². The second kappa shape index (κ2) is 15.3. The number of nitrogens with one attached hydrogen (secondary N) is 2. The van der Waals surface area contributed by atoms with Crippen molar-refractivity contribution in [2.75, 3.05) is 54.0 Å². The van der Waals surface area contributed by atoms with Gasteiger partial charge in [-0.2, -0.15) is 0 Å². The quantitative estimate of drug-likeness (QED) is 0.334. The van der Waals surface area contributed by atoms with E-state index in [0.717, 1.165) is 44.7 Å². The first-order valence-electron chi connectivity index (χ1n) is 7.29. The highest BCUT2D eigenvalue weighted by Crippen LogP contribution is 2.04. The van der Waals surface area contributed by atoms with E-state index in [1.54, 1.807) is 7.11 Å². The summed E-state index contributed by atoms with van der Waals surface area (Å²) in [7, 11) is 5.65. The minimum Gasteiger partial charge on any atom is -0.383 e. The number of halogens is 1. The van der Waals surface area contributed by atoms with Crippen LogP contribution in [0.3, 0.4) is 0 Å². The van der Waals surface area contributed by atoms with Crippen molar-refractivity contribution in [2.45, 2.75) is 26.7 Å². The zero-order chi connectivity index (χ0) is 14.5. The molecule has 0 saturated carbocycles. The topological polar surface area (TPSA) is 48.9 Å². The van der Waals surface area contributed by atoms with Gasteiger partial charge in [-0.25, -0.2) is 0 Å². The predicted octanol–water partition coefficient (Wildman–Crippen LogP) is 1.78. The summed E-state index contributed by atoms with van der Waals surface area (Å²) in [4.78, 5) is 6.48. The minimum atomic E-state index is 0. The lowest BCUT2D eigenvalue weighted by molar-refractivity contribution is 0.162. The molecule has 0 aliphatic heterocycles. The van der Waals surface area contributed by atoms with E-state index in [4.69, 9.17) is 4.74 Å². The molecule has 0 amide bonds. The van der Waals surface area contributed by atoms with Gasteiger partial charge in [-0.1, -0.05) is 26.7 Å². The van der Waals surface area contributed by atoms with Crippen LogP contribution in [0.5, 0.6) is 0 Å². The van der Waals surface area contributed by atoms with Crippen molar-refractivity contribution in [3.63, 3.8) is 0 Å². The van der Waals surface area contributed by atoms with E-state index in [-0.39, 0.29) is 24.0 Å². The van der Waals surface area contributed by atoms with Crippen LogP contribution in [0, 0.1) is 5.92 Å². The zero-order valence-corrected chi connectivity index (χ0v) is 16.1. The van der Waals surface area contributed by atoms with Crippen LogP contribution >= 0.6 is 24.0 Å². The normalized spacial score (nSPS) is 11.7. The second-order valence-electron chi connectivity index (χ2n) is 4.86. The Hall–Kier alpha value is -0.0800. The number of aliphatic imine (C=N–C) groups is 1. The number of likely N-dealkylation sites (N-methyl/N-ethyl adjacent to an activating group) is 1. The lowest BCUT2D eigenvalue weighted by Crippen LogP contribution is -2.42. The lowest BCUT2D eigenvalue weighted by atomic mass is 10.0. The molecule has 122 valence electrons. The van der Waals surface area contributed by atoms with Crippen LogP contribution in [-0.2, 0) is 4.74 Å². The number of ether oxygens (including phenoxy) is 1. The molecule has 20 heavy (non-hydrogen) atoms. The fraction of sp³-hybridized carbons (Fsp3) is 0.929. The van der Waals surface area contributed by atoms with Crippen molar-refractivity contribution < 1.29 is 4.74 Å². The van der Waals surface area contributed by atoms with Gasteiger partial charge in [-0.05, 0) is 13.0 Å². The molecule has 0 unspecified atom stereocenters. The number of methoxy groups -OCH3 is 1. The monoisotopic (exact) mass is 400 g/mol. The molecule has 0 aromatic carbocycles. The zero-order valence-electron chi connectivity index (χ0n) is 13.7. The standard InChI is InChI=1S/C14H32N4O.HI/c1-6-13(7-2)12-17-14(15-3)16-8-9-18(4)10-11-19-5;/h13H,6-12H2,1-5H3,(H2,15,16,17);1H. The summed E-state index contributed by atoms with van der Waals surface area (Å²) in [5.41, 5.74) is 0. The van der Waals surface area contributed by atoms with Gasteiger partial charge in [0.1, 0.15) is 0 Å². The van der Waals surface area contributed by atoms with Crippen molar-refractivity contribution in [3.05, 3.63) is 0 Å². The van der Waals surface area contributed by atoms with Crippen LogP contribution < -0.4 is 10.6 Å². The summed E-state index contributed by atoms with van der Waals surface area (Å²) in [6.45, 7) is 9.06. The number of rotatable bonds is 10. The molecule has 6 heteroatoms. The van der Waals surface area contributed by atoms with Gasteiger partial charge in [0, 0.05) is 40.3 Å². The Bertz CT molecular complexity index is 235. The van der Waals surface area contributed by atoms with Crippen LogP contribution in [0.4, 0.5) is 0 Å². The molecule has 0 rings (SSSR count). The highest BCUT2D eigenvalue weighted by molar-refractivity contribution is 14.0. The molecule has 0 fully saturated rings. The van der Waals surface area contributed by atoms with Gasteiger partial charge in [-0.3, -0.25) is 4.99 Å². The summed E-state index contributed by atoms with van der Waals surface area (Å²) in [5.74, 6) is 1.62. The van der Waals surface area contributed by atoms with Crippen LogP contribution in [-0.4, -0.2) is 64.9 Å². The van der Waals surface area contributed by atoms with Crippen molar-refractivity contribution in [1.29, 1.82) is 0 Å². The van der Waals surface area contributed by atoms with E-state index in [9.17, 15) is 0 Å². The van der Waals surface area contributed by atoms with Crippen LogP contribution in [0.15, 0.2) is 4.99 Å². The van der Waals surface area contributed by atoms with Gasteiger partial charge >= 0.3 is 0 Å². The fourth-order valence-electron chi connectivity index (χ4n) is 1.76. The summed E-state index contributed by atoms with van der Waals surface area (Å²) in [6.07, 6.45) is 2.42. The molecule has 0 spiro atoms. The van der Waals surface area contributed by atoms with E-state index in [1.165, 1.54) is 12.8 Å². The van der Waals surface area contributed by atoms with E-state index >= 15 is 0 Å². The Morgan fingerprint density at radius 1 is 1.20 bits per heavy atom. The molecule has 0 aliphatic carbocycles. The number of hydrogen-bond acceptors (Lipinski definition) is 3. The first kappa shape index (κ1) is 22.2. The van der Waals surface area contributed by atoms with E-state index < -0.39 is 0 Å². The first-order chi connectivity index (χ1) is 9.17. The highest BCUT2D eigenvalue weighted by atomic mass is 127. The van der Waals surface area contributed by atoms with Crippen molar-refractivity contribution in [3.8, 4) is 0 Å². The molecule has 2 N–H and O–H groups in total. The van der Waals surface area contributed by atoms with Crippen molar-refractivity contribution >= 4 is 29.9 Å². The number of nitrogens with zero attached hydrogens (tertiary/aromatic N) is 2. The number of hydrogen-bond donors (Lipinski definition) is 2. The number of guanidine groups is 1. The summed E-state index contributed by atoms with van der Waals surface area (Å²) in [5, 5.41) is 6.72. The minimum absolute atomic E-state index is 0. The summed E-state index contributed by atoms with van der Waals surface area (Å²) >= 11 is 0. The van der Waals surface area contributed by atoms with Crippen molar-refractivity contribution in [1.82, 2.24) is 15.5 Å². The molecule has 0 bridgehead atoms. The maximum atomic E-state index is 5.05. The van der Waals surface area contributed by atoms with E-state index in [0.29, 0.717) is 0 Å². The Labute approximate surface area is 141 Å². The predicted molar refractivity (Wildman–Crippen MR) is 98.2 cm³/mol. The van der Waals surface area contributed by atoms with Gasteiger partial charge in [0.25, 0.3) is 0 Å². The molecular formula is C14H33IN4O. The van der Waals surface area contributed by atoms with Crippen LogP contribution in [0.1, 0.15) is 26.7 Å². The third-order valence-corrected chi connectivity index (χ3v) is 3.40. The molecule has 0 radical (unpaired) electrons. The Kier molecular flexibility index (Phi) is 17.0.